The average Bonchev–Trinajstić information content (AvgIpc) is 3.19. The molecule has 174 valence electrons. The van der Waals surface area contributed by atoms with Gasteiger partial charge in [0.05, 0.1) is 18.7 Å². The zero-order valence-electron chi connectivity index (χ0n) is 18.3. The van der Waals surface area contributed by atoms with Crippen molar-refractivity contribution >= 4 is 16.9 Å². The van der Waals surface area contributed by atoms with Gasteiger partial charge in [-0.1, -0.05) is 11.8 Å². The van der Waals surface area contributed by atoms with Crippen LogP contribution in [0.1, 0.15) is 38.3 Å². The average molecular weight is 459 g/mol. The lowest BCUT2D eigenvalue weighted by atomic mass is 10.2. The van der Waals surface area contributed by atoms with Crippen LogP contribution < -0.4 is 9.47 Å². The van der Waals surface area contributed by atoms with Gasteiger partial charge in [-0.15, -0.1) is 13.2 Å². The molecule has 8 heteroatoms. The predicted octanol–water partition coefficient (Wildman–Crippen LogP) is 5.87. The van der Waals surface area contributed by atoms with Gasteiger partial charge < -0.3 is 18.8 Å². The molecule has 2 aromatic carbocycles. The second kappa shape index (κ2) is 10.8. The summed E-state index contributed by atoms with van der Waals surface area (Å²) < 4.78 is 53.2. The zero-order valence-corrected chi connectivity index (χ0v) is 18.3. The first-order valence-corrected chi connectivity index (χ1v) is 10.5. The fraction of sp³-hybridized carbons (Fsp3) is 0.320. The summed E-state index contributed by atoms with van der Waals surface area (Å²) in [5.74, 6) is 6.01. The summed E-state index contributed by atoms with van der Waals surface area (Å²) in [6.07, 6.45) is -1.60. The van der Waals surface area contributed by atoms with Crippen LogP contribution in [0.15, 0.2) is 54.7 Å². The molecule has 0 aliphatic heterocycles. The molecule has 1 atom stereocenters. The molecule has 0 amide bonds. The molecule has 0 saturated carbocycles. The summed E-state index contributed by atoms with van der Waals surface area (Å²) in [6.45, 7) is 4.35. The molecule has 0 spiro atoms. The number of fused-ring (bicyclic) bond motifs is 1. The number of carbonyl (C=O) groups excluding carboxylic acids is 1. The van der Waals surface area contributed by atoms with Crippen molar-refractivity contribution in [2.24, 2.45) is 0 Å². The van der Waals surface area contributed by atoms with Crippen LogP contribution in [-0.4, -0.2) is 30.1 Å². The molecule has 1 aromatic heterocycles. The van der Waals surface area contributed by atoms with Crippen molar-refractivity contribution in [3.63, 3.8) is 0 Å². The Hall–Kier alpha value is -3.60. The van der Waals surface area contributed by atoms with E-state index in [2.05, 4.69) is 16.6 Å². The van der Waals surface area contributed by atoms with Gasteiger partial charge >= 0.3 is 12.3 Å². The first-order chi connectivity index (χ1) is 15.8. The Morgan fingerprint density at radius 1 is 1.09 bits per heavy atom. The highest BCUT2D eigenvalue weighted by atomic mass is 19.4. The van der Waals surface area contributed by atoms with Crippen LogP contribution in [0.5, 0.6) is 11.5 Å². The Balaban J connectivity index is 1.51. The molecule has 0 N–H and O–H groups in total. The Morgan fingerprint density at radius 3 is 2.52 bits per heavy atom. The van der Waals surface area contributed by atoms with Crippen LogP contribution in [-0.2, 0) is 9.53 Å². The van der Waals surface area contributed by atoms with Gasteiger partial charge in [0.15, 0.2) is 0 Å². The van der Waals surface area contributed by atoms with Crippen LogP contribution in [0.2, 0.25) is 0 Å². The zero-order chi connectivity index (χ0) is 23.8. The van der Waals surface area contributed by atoms with Gasteiger partial charge in [-0.2, -0.15) is 0 Å². The predicted molar refractivity (Wildman–Crippen MR) is 118 cm³/mol. The number of hydrogen-bond acceptors (Lipinski definition) is 4. The van der Waals surface area contributed by atoms with Crippen molar-refractivity contribution in [2.45, 2.75) is 39.1 Å². The molecule has 1 unspecified atom stereocenters. The summed E-state index contributed by atoms with van der Waals surface area (Å²) in [7, 11) is 0. The molecule has 0 fully saturated rings. The SMILES string of the molecule is CCOC(=O)C(C)n1ccc2ccc(OCCCC#Cc3ccc(OC(F)(F)F)cc3)cc21. The molecule has 33 heavy (non-hydrogen) atoms. The summed E-state index contributed by atoms with van der Waals surface area (Å²) in [5, 5.41) is 0.996. The third-order valence-corrected chi connectivity index (χ3v) is 4.78. The normalized spacial score (nSPS) is 12.0. The monoisotopic (exact) mass is 459 g/mol. The van der Waals surface area contributed by atoms with Crippen molar-refractivity contribution < 1.29 is 32.2 Å². The molecule has 3 rings (SSSR count). The first kappa shape index (κ1) is 24.1. The minimum absolute atomic E-state index is 0.277. The van der Waals surface area contributed by atoms with E-state index in [0.29, 0.717) is 37.4 Å². The van der Waals surface area contributed by atoms with Crippen LogP contribution >= 0.6 is 0 Å². The number of alkyl halides is 3. The van der Waals surface area contributed by atoms with Crippen LogP contribution in [0.3, 0.4) is 0 Å². The van der Waals surface area contributed by atoms with E-state index in [1.807, 2.05) is 35.0 Å². The molecule has 5 nitrogen and oxygen atoms in total. The molecule has 3 aromatic rings. The van der Waals surface area contributed by atoms with E-state index >= 15 is 0 Å². The smallest absolute Gasteiger partial charge is 0.493 e. The van der Waals surface area contributed by atoms with E-state index in [0.717, 1.165) is 10.9 Å². The summed E-state index contributed by atoms with van der Waals surface area (Å²) in [6, 6.07) is 12.6. The summed E-state index contributed by atoms with van der Waals surface area (Å²) >= 11 is 0. The molecule has 0 aliphatic rings. The fourth-order valence-corrected chi connectivity index (χ4v) is 3.19. The minimum atomic E-state index is -4.71. The van der Waals surface area contributed by atoms with E-state index in [1.54, 1.807) is 13.8 Å². The fourth-order valence-electron chi connectivity index (χ4n) is 3.19. The number of unbranched alkanes of at least 4 members (excludes halogenated alkanes) is 1. The Labute approximate surface area is 190 Å². The molecular formula is C25H24F3NO4. The maximum atomic E-state index is 12.2. The standard InChI is InChI=1S/C25H24F3NO4/c1-3-31-24(30)18(2)29-15-14-20-10-13-22(17-23(20)29)32-16-6-4-5-7-19-8-11-21(12-9-19)33-25(26,27)28/h8-15,17-18H,3-4,6,16H2,1-2H3. The van der Waals surface area contributed by atoms with Gasteiger partial charge in [0, 0.05) is 24.2 Å². The quantitative estimate of drug-likeness (QED) is 0.240. The number of ether oxygens (including phenoxy) is 3. The number of aromatic nitrogens is 1. The Kier molecular flexibility index (Phi) is 7.88. The van der Waals surface area contributed by atoms with E-state index in [1.165, 1.54) is 24.3 Å². The van der Waals surface area contributed by atoms with Gasteiger partial charge in [-0.25, -0.2) is 4.79 Å². The lowest BCUT2D eigenvalue weighted by Gasteiger charge is -2.14. The molecule has 0 bridgehead atoms. The molecule has 0 aliphatic carbocycles. The number of benzene rings is 2. The van der Waals surface area contributed by atoms with Gasteiger partial charge in [0.2, 0.25) is 0 Å². The van der Waals surface area contributed by atoms with E-state index < -0.39 is 12.4 Å². The van der Waals surface area contributed by atoms with Gasteiger partial charge in [-0.3, -0.25) is 0 Å². The largest absolute Gasteiger partial charge is 0.573 e. The van der Waals surface area contributed by atoms with Crippen LogP contribution in [0.25, 0.3) is 10.9 Å². The van der Waals surface area contributed by atoms with Crippen LogP contribution in [0.4, 0.5) is 13.2 Å². The second-order valence-corrected chi connectivity index (χ2v) is 7.20. The highest BCUT2D eigenvalue weighted by molar-refractivity contribution is 5.84. The Morgan fingerprint density at radius 2 is 1.82 bits per heavy atom. The van der Waals surface area contributed by atoms with E-state index in [-0.39, 0.29) is 11.7 Å². The first-order valence-electron chi connectivity index (χ1n) is 10.5. The lowest BCUT2D eigenvalue weighted by molar-refractivity contribution is -0.274. The second-order valence-electron chi connectivity index (χ2n) is 7.20. The van der Waals surface area contributed by atoms with E-state index in [4.69, 9.17) is 9.47 Å². The van der Waals surface area contributed by atoms with Crippen molar-refractivity contribution in [2.75, 3.05) is 13.2 Å². The lowest BCUT2D eigenvalue weighted by Crippen LogP contribution is -2.18. The molecular weight excluding hydrogens is 435 g/mol. The highest BCUT2D eigenvalue weighted by Crippen LogP contribution is 2.26. The maximum Gasteiger partial charge on any atom is 0.573 e. The third-order valence-electron chi connectivity index (χ3n) is 4.78. The van der Waals surface area contributed by atoms with Crippen molar-refractivity contribution in [1.29, 1.82) is 0 Å². The number of carbonyl (C=O) groups is 1. The van der Waals surface area contributed by atoms with Crippen molar-refractivity contribution in [1.82, 2.24) is 4.57 Å². The van der Waals surface area contributed by atoms with Crippen LogP contribution in [0, 0.1) is 11.8 Å². The third kappa shape index (κ3) is 6.94. The van der Waals surface area contributed by atoms with Gasteiger partial charge in [0.25, 0.3) is 0 Å². The number of esters is 1. The number of halogens is 3. The number of rotatable bonds is 8. The van der Waals surface area contributed by atoms with Crippen molar-refractivity contribution in [3.05, 3.63) is 60.3 Å². The minimum Gasteiger partial charge on any atom is -0.493 e. The van der Waals surface area contributed by atoms with Gasteiger partial charge in [0.1, 0.15) is 17.5 Å². The number of nitrogens with zero attached hydrogens (tertiary/aromatic N) is 1. The number of hydrogen-bond donors (Lipinski definition) is 0. The molecule has 0 saturated heterocycles. The topological polar surface area (TPSA) is 49.7 Å². The molecule has 1 heterocycles. The van der Waals surface area contributed by atoms with Gasteiger partial charge in [-0.05, 0) is 68.1 Å². The Bertz CT molecular complexity index is 1140. The van der Waals surface area contributed by atoms with Crippen molar-refractivity contribution in [3.8, 4) is 23.3 Å². The highest BCUT2D eigenvalue weighted by Gasteiger charge is 2.30. The maximum absolute atomic E-state index is 12.2. The summed E-state index contributed by atoms with van der Waals surface area (Å²) in [4.78, 5) is 12.1. The molecule has 0 radical (unpaired) electrons. The van der Waals surface area contributed by atoms with E-state index in [9.17, 15) is 18.0 Å². The summed E-state index contributed by atoms with van der Waals surface area (Å²) in [5.41, 5.74) is 1.48.